The van der Waals surface area contributed by atoms with Crippen molar-refractivity contribution < 1.29 is 14.3 Å². The van der Waals surface area contributed by atoms with Gasteiger partial charge in [-0.2, -0.15) is 5.10 Å². The summed E-state index contributed by atoms with van der Waals surface area (Å²) in [5, 5.41) is 6.87. The van der Waals surface area contributed by atoms with Crippen LogP contribution in [-0.2, 0) is 20.8 Å². The second-order valence-corrected chi connectivity index (χ2v) is 4.27. The zero-order chi connectivity index (χ0) is 15.0. The normalized spacial score (nSPS) is 10.3. The number of anilines is 1. The van der Waals surface area contributed by atoms with E-state index in [1.165, 1.54) is 13.3 Å². The van der Waals surface area contributed by atoms with Crippen molar-refractivity contribution in [3.63, 3.8) is 0 Å². The maximum atomic E-state index is 11.9. The monoisotopic (exact) mass is 303 g/mol. The lowest BCUT2D eigenvalue weighted by atomic mass is 10.4. The molecule has 0 aliphatic rings. The Balaban J connectivity index is 2.64. The van der Waals surface area contributed by atoms with Crippen LogP contribution >= 0.6 is 11.6 Å². The summed E-state index contributed by atoms with van der Waals surface area (Å²) in [6.45, 7) is 3.58. The van der Waals surface area contributed by atoms with Crippen molar-refractivity contribution in [1.29, 1.82) is 0 Å². The molecule has 1 aromatic rings. The zero-order valence-electron chi connectivity index (χ0n) is 11.5. The molecule has 0 saturated carbocycles. The van der Waals surface area contributed by atoms with Crippen LogP contribution in [0.15, 0.2) is 11.0 Å². The lowest BCUT2D eigenvalue weighted by Gasteiger charge is -2.09. The third-order valence-electron chi connectivity index (χ3n) is 2.48. The van der Waals surface area contributed by atoms with Crippen molar-refractivity contribution in [2.45, 2.75) is 19.9 Å². The van der Waals surface area contributed by atoms with Crippen LogP contribution in [0.4, 0.5) is 5.69 Å². The number of esters is 1. The van der Waals surface area contributed by atoms with Gasteiger partial charge in [0.1, 0.15) is 11.6 Å². The number of aromatic nitrogens is 2. The van der Waals surface area contributed by atoms with E-state index in [4.69, 9.17) is 16.3 Å². The van der Waals surface area contributed by atoms with E-state index in [1.807, 2.05) is 6.92 Å². The predicted molar refractivity (Wildman–Crippen MR) is 75.1 cm³/mol. The fourth-order valence-corrected chi connectivity index (χ4v) is 1.64. The Hall–Kier alpha value is -1.60. The van der Waals surface area contributed by atoms with Crippen LogP contribution in [0.1, 0.15) is 13.3 Å². The number of nitrogens with one attached hydrogen (secondary N) is 1. The van der Waals surface area contributed by atoms with Crippen LogP contribution in [0.3, 0.4) is 0 Å². The van der Waals surface area contributed by atoms with Gasteiger partial charge in [0.25, 0.3) is 5.56 Å². The van der Waals surface area contributed by atoms with Gasteiger partial charge in [-0.3, -0.25) is 9.59 Å². The molecule has 8 heteroatoms. The molecule has 112 valence electrons. The van der Waals surface area contributed by atoms with Gasteiger partial charge < -0.3 is 14.8 Å². The van der Waals surface area contributed by atoms with E-state index >= 15 is 0 Å². The van der Waals surface area contributed by atoms with Gasteiger partial charge >= 0.3 is 5.97 Å². The summed E-state index contributed by atoms with van der Waals surface area (Å²) in [5.41, 5.74) is -0.0962. The molecule has 0 unspecified atom stereocenters. The molecule has 0 saturated heterocycles. The highest BCUT2D eigenvalue weighted by atomic mass is 35.5. The van der Waals surface area contributed by atoms with Gasteiger partial charge in [-0.05, 0) is 13.3 Å². The van der Waals surface area contributed by atoms with Crippen molar-refractivity contribution >= 4 is 23.3 Å². The summed E-state index contributed by atoms with van der Waals surface area (Å²) >= 11 is 5.95. The molecular formula is C12H18ClN3O4. The molecule has 0 radical (unpaired) electrons. The highest BCUT2D eigenvalue weighted by Gasteiger charge is 2.11. The summed E-state index contributed by atoms with van der Waals surface area (Å²) in [6, 6.07) is 0. The quantitative estimate of drug-likeness (QED) is 0.568. The van der Waals surface area contributed by atoms with E-state index in [2.05, 4.69) is 15.2 Å². The lowest BCUT2D eigenvalue weighted by Crippen LogP contribution is -2.28. The minimum absolute atomic E-state index is 0.000290. The first-order valence-corrected chi connectivity index (χ1v) is 6.62. The van der Waals surface area contributed by atoms with Crippen molar-refractivity contribution in [2.24, 2.45) is 0 Å². The number of nitrogens with zero attached hydrogens (tertiary/aromatic N) is 2. The second-order valence-electron chi connectivity index (χ2n) is 3.89. The molecular weight excluding hydrogens is 286 g/mol. The van der Waals surface area contributed by atoms with Crippen LogP contribution in [0.2, 0.25) is 5.02 Å². The first kappa shape index (κ1) is 16.5. The topological polar surface area (TPSA) is 82.4 Å². The molecule has 1 rings (SSSR count). The van der Waals surface area contributed by atoms with Crippen LogP contribution in [0.5, 0.6) is 0 Å². The third-order valence-corrected chi connectivity index (χ3v) is 2.84. The van der Waals surface area contributed by atoms with Gasteiger partial charge in [0.15, 0.2) is 0 Å². The number of carbonyl (C=O) groups excluding carboxylic acids is 1. The van der Waals surface area contributed by atoms with E-state index in [0.717, 1.165) is 11.1 Å². The lowest BCUT2D eigenvalue weighted by molar-refractivity contribution is -0.141. The molecule has 0 atom stereocenters. The molecule has 0 amide bonds. The fraction of sp³-hybridized carbons (Fsp3) is 0.583. The molecule has 7 nitrogen and oxygen atoms in total. The van der Waals surface area contributed by atoms with Gasteiger partial charge in [0.2, 0.25) is 0 Å². The Labute approximate surface area is 121 Å². The molecule has 0 aliphatic heterocycles. The Bertz CT molecular complexity index is 504. The Morgan fingerprint density at radius 1 is 1.55 bits per heavy atom. The fourth-order valence-electron chi connectivity index (χ4n) is 1.43. The average molecular weight is 304 g/mol. The van der Waals surface area contributed by atoms with Crippen LogP contribution in [-0.4, -0.2) is 42.6 Å². The van der Waals surface area contributed by atoms with Gasteiger partial charge in [-0.25, -0.2) is 4.68 Å². The summed E-state index contributed by atoms with van der Waals surface area (Å²) in [4.78, 5) is 23.0. The van der Waals surface area contributed by atoms with Gasteiger partial charge in [-0.1, -0.05) is 11.6 Å². The minimum atomic E-state index is -0.562. The summed E-state index contributed by atoms with van der Waals surface area (Å²) in [5.74, 6) is -0.562. The molecule has 0 aromatic carbocycles. The maximum absolute atomic E-state index is 11.9. The number of methoxy groups -OCH3 is 1. The van der Waals surface area contributed by atoms with Gasteiger partial charge in [0.05, 0.1) is 19.0 Å². The molecule has 1 N–H and O–H groups in total. The number of rotatable bonds is 8. The van der Waals surface area contributed by atoms with Gasteiger partial charge in [-0.15, -0.1) is 0 Å². The van der Waals surface area contributed by atoms with Crippen molar-refractivity contribution in [3.8, 4) is 0 Å². The molecule has 0 bridgehead atoms. The molecule has 0 fully saturated rings. The van der Waals surface area contributed by atoms with E-state index < -0.39 is 11.5 Å². The second kappa shape index (κ2) is 8.55. The first-order valence-electron chi connectivity index (χ1n) is 6.24. The number of hydrogen-bond acceptors (Lipinski definition) is 6. The van der Waals surface area contributed by atoms with E-state index in [0.29, 0.717) is 25.4 Å². The Morgan fingerprint density at radius 3 is 2.95 bits per heavy atom. The van der Waals surface area contributed by atoms with E-state index in [9.17, 15) is 9.59 Å². The molecule has 0 aliphatic carbocycles. The van der Waals surface area contributed by atoms with Crippen LogP contribution in [0.25, 0.3) is 0 Å². The van der Waals surface area contributed by atoms with Crippen LogP contribution < -0.4 is 10.9 Å². The molecule has 0 spiro atoms. The average Bonchev–Trinajstić information content (AvgIpc) is 2.45. The van der Waals surface area contributed by atoms with E-state index in [-0.39, 0.29) is 11.6 Å². The third kappa shape index (κ3) is 4.82. The summed E-state index contributed by atoms with van der Waals surface area (Å²) < 4.78 is 10.6. The van der Waals surface area contributed by atoms with E-state index in [1.54, 1.807) is 0 Å². The maximum Gasteiger partial charge on any atom is 0.327 e. The minimum Gasteiger partial charge on any atom is -0.468 e. The molecule has 1 heterocycles. The number of hydrogen-bond donors (Lipinski definition) is 1. The standard InChI is InChI=1S/C12H18ClN3O4/c1-3-20-6-4-5-14-9-7-15-16(8-10(17)19-2)12(18)11(9)13/h7,14H,3-6,8H2,1-2H3. The smallest absolute Gasteiger partial charge is 0.327 e. The SMILES string of the molecule is CCOCCCNc1cnn(CC(=O)OC)c(=O)c1Cl. The van der Waals surface area contributed by atoms with Crippen molar-refractivity contribution in [3.05, 3.63) is 21.6 Å². The molecule has 20 heavy (non-hydrogen) atoms. The summed E-state index contributed by atoms with van der Waals surface area (Å²) in [6.07, 6.45) is 2.20. The first-order chi connectivity index (χ1) is 9.60. The Morgan fingerprint density at radius 2 is 2.30 bits per heavy atom. The summed E-state index contributed by atoms with van der Waals surface area (Å²) in [7, 11) is 1.24. The number of ether oxygens (including phenoxy) is 2. The number of carbonyl (C=O) groups is 1. The zero-order valence-corrected chi connectivity index (χ0v) is 12.3. The Kier molecular flexibility index (Phi) is 7.03. The number of halogens is 1. The van der Waals surface area contributed by atoms with Gasteiger partial charge in [0, 0.05) is 19.8 Å². The molecule has 1 aromatic heterocycles. The van der Waals surface area contributed by atoms with Crippen molar-refractivity contribution in [2.75, 3.05) is 32.2 Å². The highest BCUT2D eigenvalue weighted by molar-refractivity contribution is 6.32. The van der Waals surface area contributed by atoms with Crippen molar-refractivity contribution in [1.82, 2.24) is 9.78 Å². The highest BCUT2D eigenvalue weighted by Crippen LogP contribution is 2.14. The predicted octanol–water partition coefficient (Wildman–Crippen LogP) is 0.908. The largest absolute Gasteiger partial charge is 0.468 e. The van der Waals surface area contributed by atoms with Crippen LogP contribution in [0, 0.1) is 0 Å².